The van der Waals surface area contributed by atoms with E-state index in [1.165, 1.54) is 37.7 Å². The Morgan fingerprint density at radius 3 is 2.31 bits per heavy atom. The van der Waals surface area contributed by atoms with Crippen molar-refractivity contribution >= 4 is 5.97 Å². The summed E-state index contributed by atoms with van der Waals surface area (Å²) in [4.78, 5) is 12.5. The van der Waals surface area contributed by atoms with Gasteiger partial charge in [-0.1, -0.05) is 56.6 Å². The molecule has 0 amide bonds. The van der Waals surface area contributed by atoms with Crippen LogP contribution in [0.5, 0.6) is 0 Å². The van der Waals surface area contributed by atoms with Crippen molar-refractivity contribution in [1.82, 2.24) is 0 Å². The Labute approximate surface area is 218 Å². The zero-order valence-electron chi connectivity index (χ0n) is 22.3. The van der Waals surface area contributed by atoms with Crippen LogP contribution in [-0.4, -0.2) is 42.7 Å². The Bertz CT molecular complexity index is 695. The lowest BCUT2D eigenvalue weighted by molar-refractivity contribution is -0.352. The lowest BCUT2D eigenvalue weighted by Gasteiger charge is -2.37. The Kier molecular flexibility index (Phi) is 13.2. The van der Waals surface area contributed by atoms with Crippen LogP contribution in [0.15, 0.2) is 36.0 Å². The van der Waals surface area contributed by atoms with Crippen LogP contribution in [0.3, 0.4) is 0 Å². The second-order valence-electron chi connectivity index (χ2n) is 10.4. The first-order valence-corrected chi connectivity index (χ1v) is 14.5. The van der Waals surface area contributed by atoms with Crippen LogP contribution < -0.4 is 0 Å². The first-order valence-electron chi connectivity index (χ1n) is 14.5. The average Bonchev–Trinajstić information content (AvgIpc) is 3.34. The first-order chi connectivity index (χ1) is 17.6. The monoisotopic (exact) mass is 504 g/mol. The molecule has 0 saturated carbocycles. The minimum atomic E-state index is -1.76. The molecule has 2 saturated heterocycles. The summed E-state index contributed by atoms with van der Waals surface area (Å²) in [6.07, 6.45) is 25.9. The van der Waals surface area contributed by atoms with Gasteiger partial charge in [-0.3, -0.25) is 0 Å². The third-order valence-corrected chi connectivity index (χ3v) is 7.37. The van der Waals surface area contributed by atoms with Crippen LogP contribution in [0.1, 0.15) is 110 Å². The number of carboxylic acids is 1. The molecule has 1 N–H and O–H groups in total. The zero-order valence-corrected chi connectivity index (χ0v) is 22.3. The van der Waals surface area contributed by atoms with Crippen molar-refractivity contribution in [3.8, 4) is 0 Å². The molecular weight excluding hydrogens is 456 g/mol. The Balaban J connectivity index is 1.51. The number of ether oxygens (including phenoxy) is 4. The largest absolute Gasteiger partial charge is 0.477 e. The summed E-state index contributed by atoms with van der Waals surface area (Å²) < 4.78 is 23.5. The highest BCUT2D eigenvalue weighted by Crippen LogP contribution is 2.32. The third kappa shape index (κ3) is 9.77. The fraction of sp³-hybridized carbons (Fsp3) is 0.767. The van der Waals surface area contributed by atoms with E-state index in [0.717, 1.165) is 44.9 Å². The van der Waals surface area contributed by atoms with Crippen LogP contribution in [0.2, 0.25) is 0 Å². The molecule has 36 heavy (non-hydrogen) atoms. The number of hydrogen-bond acceptors (Lipinski definition) is 5. The summed E-state index contributed by atoms with van der Waals surface area (Å²) in [6.45, 7) is 3.42. The smallest absolute Gasteiger partial charge is 0.364 e. The summed E-state index contributed by atoms with van der Waals surface area (Å²) in [5, 5.41) is 10.2. The Hall–Kier alpha value is -1.47. The molecule has 0 aromatic carbocycles. The molecule has 2 aliphatic heterocycles. The van der Waals surface area contributed by atoms with Gasteiger partial charge in [0.15, 0.2) is 12.6 Å². The van der Waals surface area contributed by atoms with Gasteiger partial charge in [-0.05, 0) is 88.5 Å². The molecule has 3 aliphatic rings. The highest BCUT2D eigenvalue weighted by Gasteiger charge is 2.46. The van der Waals surface area contributed by atoms with Gasteiger partial charge in [-0.15, -0.1) is 0 Å². The van der Waals surface area contributed by atoms with Crippen molar-refractivity contribution in [3.05, 3.63) is 36.0 Å². The van der Waals surface area contributed by atoms with Crippen molar-refractivity contribution in [3.63, 3.8) is 0 Å². The summed E-state index contributed by atoms with van der Waals surface area (Å²) in [5.74, 6) is -2.31. The first kappa shape index (κ1) is 29.1. The summed E-state index contributed by atoms with van der Waals surface area (Å²) in [5.41, 5.74) is 1.45. The van der Waals surface area contributed by atoms with E-state index >= 15 is 0 Å². The van der Waals surface area contributed by atoms with E-state index in [1.54, 1.807) is 0 Å². The summed E-state index contributed by atoms with van der Waals surface area (Å²) >= 11 is 0. The molecule has 2 fully saturated rings. The van der Waals surface area contributed by atoms with Gasteiger partial charge < -0.3 is 24.1 Å². The van der Waals surface area contributed by atoms with Gasteiger partial charge in [0, 0.05) is 19.6 Å². The lowest BCUT2D eigenvalue weighted by Crippen LogP contribution is -2.51. The molecule has 0 aromatic heterocycles. The van der Waals surface area contributed by atoms with Crippen LogP contribution >= 0.6 is 0 Å². The van der Waals surface area contributed by atoms with E-state index in [2.05, 4.69) is 37.3 Å². The molecule has 0 radical (unpaired) electrons. The number of carboxylic acid groups (broad SMARTS) is 1. The molecule has 6 nitrogen and oxygen atoms in total. The predicted molar refractivity (Wildman–Crippen MR) is 141 cm³/mol. The minimum absolute atomic E-state index is 0.226. The number of aliphatic carboxylic acids is 1. The molecule has 0 spiro atoms. The molecule has 1 aliphatic carbocycles. The number of allylic oxidation sites excluding steroid dienone is 6. The predicted octanol–water partition coefficient (Wildman–Crippen LogP) is 7.44. The van der Waals surface area contributed by atoms with E-state index in [1.807, 2.05) is 0 Å². The van der Waals surface area contributed by atoms with E-state index in [0.29, 0.717) is 38.4 Å². The number of hydrogen-bond donors (Lipinski definition) is 1. The highest BCUT2D eigenvalue weighted by molar-refractivity contribution is 5.75. The molecule has 3 rings (SSSR count). The molecule has 3 atom stereocenters. The number of unbranched alkanes of at least 4 members (excludes halogenated alkanes) is 4. The van der Waals surface area contributed by atoms with Gasteiger partial charge in [0.1, 0.15) is 0 Å². The summed E-state index contributed by atoms with van der Waals surface area (Å²) in [7, 11) is 0. The second kappa shape index (κ2) is 16.4. The molecule has 2 unspecified atom stereocenters. The minimum Gasteiger partial charge on any atom is -0.477 e. The van der Waals surface area contributed by atoms with Crippen LogP contribution in [0.4, 0.5) is 0 Å². The Morgan fingerprint density at radius 1 is 0.972 bits per heavy atom. The quantitative estimate of drug-likeness (QED) is 0.134. The highest BCUT2D eigenvalue weighted by atomic mass is 16.8. The maximum Gasteiger partial charge on any atom is 0.364 e. The molecule has 0 aromatic rings. The standard InChI is InChI=1S/C30H48O6/c1-2-3-4-5-6-8-16-25-18-15-19-26(25)17-9-7-12-22-30(29(31)32,35-27-20-10-13-23-33-27)36-28-21-11-14-24-34-28/h7-9,16,18,26-28H,2-6,10-15,17,19-24H2,1H3,(H,31,32)/b9-7-,16-8+/t26-,27?,28?,30?/m0/s1. The number of rotatable bonds is 16. The molecular formula is C30H48O6. The topological polar surface area (TPSA) is 74.2 Å². The van der Waals surface area contributed by atoms with Crippen molar-refractivity contribution in [2.45, 2.75) is 128 Å². The lowest BCUT2D eigenvalue weighted by atomic mass is 9.96. The van der Waals surface area contributed by atoms with Gasteiger partial charge in [-0.2, -0.15) is 0 Å². The van der Waals surface area contributed by atoms with E-state index in [-0.39, 0.29) is 6.42 Å². The van der Waals surface area contributed by atoms with Gasteiger partial charge >= 0.3 is 5.97 Å². The Morgan fingerprint density at radius 2 is 1.69 bits per heavy atom. The van der Waals surface area contributed by atoms with Gasteiger partial charge in [0.2, 0.25) is 0 Å². The van der Waals surface area contributed by atoms with Gasteiger partial charge in [0.25, 0.3) is 5.79 Å². The fourth-order valence-corrected chi connectivity index (χ4v) is 5.19. The van der Waals surface area contributed by atoms with Crippen molar-refractivity contribution in [2.75, 3.05) is 13.2 Å². The fourth-order valence-electron chi connectivity index (χ4n) is 5.19. The van der Waals surface area contributed by atoms with Crippen molar-refractivity contribution in [2.24, 2.45) is 5.92 Å². The summed E-state index contributed by atoms with van der Waals surface area (Å²) in [6, 6.07) is 0. The van der Waals surface area contributed by atoms with Crippen LogP contribution in [0, 0.1) is 5.92 Å². The van der Waals surface area contributed by atoms with E-state index < -0.39 is 24.3 Å². The second-order valence-corrected chi connectivity index (χ2v) is 10.4. The van der Waals surface area contributed by atoms with Gasteiger partial charge in [0.05, 0.1) is 0 Å². The van der Waals surface area contributed by atoms with E-state index in [4.69, 9.17) is 18.9 Å². The average molecular weight is 505 g/mol. The third-order valence-electron chi connectivity index (χ3n) is 7.37. The zero-order chi connectivity index (χ0) is 25.5. The maximum atomic E-state index is 12.5. The van der Waals surface area contributed by atoms with E-state index in [9.17, 15) is 9.90 Å². The molecule has 6 heteroatoms. The van der Waals surface area contributed by atoms with Crippen molar-refractivity contribution in [1.29, 1.82) is 0 Å². The molecule has 0 bridgehead atoms. The number of carbonyl (C=O) groups is 1. The SMILES string of the molecule is CCCCCC/C=C/C1=CCC[C@@H]1C/C=C\CCC(OC1CCCCO1)(OC1CCCCO1)C(=O)O. The maximum absolute atomic E-state index is 12.5. The molecule has 2 heterocycles. The van der Waals surface area contributed by atoms with Crippen molar-refractivity contribution < 1.29 is 28.8 Å². The van der Waals surface area contributed by atoms with Gasteiger partial charge in [-0.25, -0.2) is 4.79 Å². The normalized spacial score (nSPS) is 26.9. The van der Waals surface area contributed by atoms with Crippen LogP contribution in [-0.2, 0) is 23.7 Å². The molecule has 204 valence electrons. The van der Waals surface area contributed by atoms with Crippen LogP contribution in [0.25, 0.3) is 0 Å².